The average Bonchev–Trinajstić information content (AvgIpc) is 2.48. The van der Waals surface area contributed by atoms with Crippen molar-refractivity contribution in [2.75, 3.05) is 0 Å². The molecule has 0 radical (unpaired) electrons. The van der Waals surface area contributed by atoms with Gasteiger partial charge in [0.15, 0.2) is 5.84 Å². The van der Waals surface area contributed by atoms with Gasteiger partial charge in [-0.2, -0.15) is 0 Å². The van der Waals surface area contributed by atoms with Crippen molar-refractivity contribution in [2.24, 2.45) is 16.8 Å². The first-order valence-electron chi connectivity index (χ1n) is 6.85. The molecular formula is C14H21N3O2. The van der Waals surface area contributed by atoms with Crippen LogP contribution < -0.4 is 10.5 Å². The van der Waals surface area contributed by atoms with Crippen LogP contribution in [0.15, 0.2) is 23.5 Å². The summed E-state index contributed by atoms with van der Waals surface area (Å²) in [4.78, 5) is 4.13. The second kappa shape index (κ2) is 6.41. The van der Waals surface area contributed by atoms with Gasteiger partial charge in [-0.25, -0.2) is 4.98 Å². The summed E-state index contributed by atoms with van der Waals surface area (Å²) in [6.45, 7) is 2.21. The van der Waals surface area contributed by atoms with Gasteiger partial charge >= 0.3 is 0 Å². The van der Waals surface area contributed by atoms with Gasteiger partial charge in [-0.3, -0.25) is 0 Å². The first kappa shape index (κ1) is 13.6. The smallest absolute Gasteiger partial charge is 0.188 e. The Hall–Kier alpha value is -1.78. The van der Waals surface area contributed by atoms with E-state index in [0.29, 0.717) is 11.6 Å². The number of oxime groups is 1. The lowest BCUT2D eigenvalue weighted by Gasteiger charge is -2.31. The molecule has 0 saturated heterocycles. The van der Waals surface area contributed by atoms with Crippen LogP contribution in [0.1, 0.15) is 44.7 Å². The quantitative estimate of drug-likeness (QED) is 0.378. The predicted octanol–water partition coefficient (Wildman–Crippen LogP) is 2.52. The zero-order valence-electron chi connectivity index (χ0n) is 11.2. The first-order chi connectivity index (χ1) is 9.24. The molecule has 1 aromatic rings. The Kier molecular flexibility index (Phi) is 4.60. The maximum Gasteiger partial charge on any atom is 0.188 e. The third-order valence-corrected chi connectivity index (χ3v) is 3.76. The van der Waals surface area contributed by atoms with Gasteiger partial charge in [0.25, 0.3) is 0 Å². The minimum atomic E-state index is 0.00986. The van der Waals surface area contributed by atoms with Crippen molar-refractivity contribution in [1.82, 2.24) is 4.98 Å². The van der Waals surface area contributed by atoms with Crippen LogP contribution in [0.4, 0.5) is 0 Å². The summed E-state index contributed by atoms with van der Waals surface area (Å²) in [6.07, 6.45) is 7.97. The maximum atomic E-state index is 8.58. The first-order valence-corrected chi connectivity index (χ1v) is 6.85. The molecule has 0 bridgehead atoms. The monoisotopic (exact) mass is 263 g/mol. The van der Waals surface area contributed by atoms with Crippen LogP contribution in [-0.4, -0.2) is 22.1 Å². The fraction of sp³-hybridized carbons (Fsp3) is 0.571. The summed E-state index contributed by atoms with van der Waals surface area (Å²) in [6, 6.07) is 3.52. The van der Waals surface area contributed by atoms with Gasteiger partial charge < -0.3 is 15.7 Å². The zero-order valence-corrected chi connectivity index (χ0v) is 11.2. The molecule has 2 unspecified atom stereocenters. The molecule has 1 aliphatic carbocycles. The Morgan fingerprint density at radius 2 is 2.26 bits per heavy atom. The fourth-order valence-corrected chi connectivity index (χ4v) is 2.62. The molecule has 2 atom stereocenters. The molecule has 2 rings (SSSR count). The largest absolute Gasteiger partial charge is 0.489 e. The van der Waals surface area contributed by atoms with E-state index in [2.05, 4.69) is 17.1 Å². The minimum absolute atomic E-state index is 0.00986. The topological polar surface area (TPSA) is 80.7 Å². The standard InChI is InChI=1S/C14H21N3O2/c1-2-10-5-3-4-6-13(10)19-11-7-8-12(16-9-11)14(15)17-18/h7-10,13,18H,2-6H2,1H3,(H2,15,17). The van der Waals surface area contributed by atoms with Gasteiger partial charge in [-0.1, -0.05) is 18.5 Å². The summed E-state index contributed by atoms with van der Waals surface area (Å²) in [5, 5.41) is 11.5. The summed E-state index contributed by atoms with van der Waals surface area (Å²) < 4.78 is 6.02. The van der Waals surface area contributed by atoms with E-state index in [9.17, 15) is 0 Å². The van der Waals surface area contributed by atoms with Crippen molar-refractivity contribution in [3.8, 4) is 5.75 Å². The molecule has 1 heterocycles. The molecule has 1 saturated carbocycles. The minimum Gasteiger partial charge on any atom is -0.489 e. The number of hydrogen-bond donors (Lipinski definition) is 2. The summed E-state index contributed by atoms with van der Waals surface area (Å²) in [5.41, 5.74) is 5.92. The van der Waals surface area contributed by atoms with Gasteiger partial charge in [0.05, 0.1) is 6.20 Å². The lowest BCUT2D eigenvalue weighted by Crippen LogP contribution is -2.30. The third kappa shape index (κ3) is 3.36. The predicted molar refractivity (Wildman–Crippen MR) is 73.4 cm³/mol. The normalized spacial score (nSPS) is 24.2. The summed E-state index contributed by atoms with van der Waals surface area (Å²) >= 11 is 0. The SMILES string of the molecule is CCC1CCCCC1Oc1ccc(/C(N)=N/O)nc1. The number of nitrogens with two attached hydrogens (primary N) is 1. The van der Waals surface area contributed by atoms with Crippen LogP contribution in [-0.2, 0) is 0 Å². The molecule has 0 amide bonds. The number of pyridine rings is 1. The Bertz CT molecular complexity index is 431. The molecule has 3 N–H and O–H groups in total. The number of amidine groups is 1. The zero-order chi connectivity index (χ0) is 13.7. The molecule has 104 valence electrons. The molecule has 1 fully saturated rings. The van der Waals surface area contributed by atoms with Gasteiger partial charge in [0, 0.05) is 0 Å². The Balaban J connectivity index is 2.02. The van der Waals surface area contributed by atoms with E-state index in [1.54, 1.807) is 12.3 Å². The van der Waals surface area contributed by atoms with E-state index in [4.69, 9.17) is 15.7 Å². The number of hydrogen-bond acceptors (Lipinski definition) is 4. The van der Waals surface area contributed by atoms with Gasteiger partial charge in [0.1, 0.15) is 17.5 Å². The second-order valence-corrected chi connectivity index (χ2v) is 4.97. The lowest BCUT2D eigenvalue weighted by molar-refractivity contribution is 0.0900. The molecule has 5 nitrogen and oxygen atoms in total. The molecular weight excluding hydrogens is 242 g/mol. The fourth-order valence-electron chi connectivity index (χ4n) is 2.62. The van der Waals surface area contributed by atoms with E-state index in [0.717, 1.165) is 18.6 Å². The second-order valence-electron chi connectivity index (χ2n) is 4.97. The highest BCUT2D eigenvalue weighted by atomic mass is 16.5. The Morgan fingerprint density at radius 3 is 2.89 bits per heavy atom. The molecule has 5 heteroatoms. The van der Waals surface area contributed by atoms with Crippen molar-refractivity contribution < 1.29 is 9.94 Å². The molecule has 0 spiro atoms. The van der Waals surface area contributed by atoms with Gasteiger partial charge in [-0.15, -0.1) is 0 Å². The molecule has 0 aliphatic heterocycles. The van der Waals surface area contributed by atoms with Gasteiger partial charge in [0.2, 0.25) is 0 Å². The summed E-state index contributed by atoms with van der Waals surface area (Å²) in [7, 11) is 0. The lowest BCUT2D eigenvalue weighted by atomic mass is 9.85. The van der Waals surface area contributed by atoms with Crippen LogP contribution >= 0.6 is 0 Å². The van der Waals surface area contributed by atoms with E-state index < -0.39 is 0 Å². The molecule has 1 aliphatic rings. The highest BCUT2D eigenvalue weighted by Gasteiger charge is 2.25. The van der Waals surface area contributed by atoms with Gasteiger partial charge in [-0.05, 0) is 43.7 Å². The van der Waals surface area contributed by atoms with E-state index in [1.807, 2.05) is 6.07 Å². The Labute approximate surface area is 113 Å². The molecule has 1 aromatic heterocycles. The maximum absolute atomic E-state index is 8.58. The van der Waals surface area contributed by atoms with Crippen LogP contribution in [0.2, 0.25) is 0 Å². The highest BCUT2D eigenvalue weighted by molar-refractivity contribution is 5.95. The van der Waals surface area contributed by atoms with Crippen molar-refractivity contribution in [3.05, 3.63) is 24.0 Å². The third-order valence-electron chi connectivity index (χ3n) is 3.76. The highest BCUT2D eigenvalue weighted by Crippen LogP contribution is 2.30. The van der Waals surface area contributed by atoms with Crippen molar-refractivity contribution >= 4 is 5.84 Å². The number of rotatable bonds is 4. The molecule has 19 heavy (non-hydrogen) atoms. The van der Waals surface area contributed by atoms with E-state index in [-0.39, 0.29) is 11.9 Å². The number of nitrogens with zero attached hydrogens (tertiary/aromatic N) is 2. The Morgan fingerprint density at radius 1 is 1.47 bits per heavy atom. The van der Waals surface area contributed by atoms with Crippen molar-refractivity contribution in [3.63, 3.8) is 0 Å². The van der Waals surface area contributed by atoms with E-state index in [1.165, 1.54) is 19.3 Å². The average molecular weight is 263 g/mol. The van der Waals surface area contributed by atoms with Crippen LogP contribution in [0.5, 0.6) is 5.75 Å². The molecule has 0 aromatic carbocycles. The van der Waals surface area contributed by atoms with Crippen molar-refractivity contribution in [1.29, 1.82) is 0 Å². The summed E-state index contributed by atoms with van der Waals surface area (Å²) in [5.74, 6) is 1.40. The van der Waals surface area contributed by atoms with Crippen molar-refractivity contribution in [2.45, 2.75) is 45.1 Å². The van der Waals surface area contributed by atoms with Crippen LogP contribution in [0.25, 0.3) is 0 Å². The van der Waals surface area contributed by atoms with E-state index >= 15 is 0 Å². The van der Waals surface area contributed by atoms with Crippen LogP contribution in [0.3, 0.4) is 0 Å². The van der Waals surface area contributed by atoms with Crippen LogP contribution in [0, 0.1) is 5.92 Å². The number of aromatic nitrogens is 1. The number of ether oxygens (including phenoxy) is 1.